The van der Waals surface area contributed by atoms with E-state index in [-0.39, 0.29) is 4.90 Å². The molecule has 2 unspecified atom stereocenters. The number of hydrogen-bond donors (Lipinski definition) is 4. The number of hydrogen-bond acceptors (Lipinski definition) is 4. The van der Waals surface area contributed by atoms with Gasteiger partial charge in [0, 0.05) is 28.8 Å². The number of aliphatic hydroxyl groups is 1. The Bertz CT molecular complexity index is 754. The Hall–Kier alpha value is -1.57. The topological polar surface area (TPSA) is 108 Å². The molecule has 3 rings (SSSR count). The number of nitrogen functional groups attached to an aromatic ring is 1. The molecule has 0 amide bonds. The van der Waals surface area contributed by atoms with Gasteiger partial charge in [-0.3, -0.25) is 0 Å². The van der Waals surface area contributed by atoms with Gasteiger partial charge in [0.2, 0.25) is 10.0 Å². The van der Waals surface area contributed by atoms with Gasteiger partial charge in [0.05, 0.1) is 6.10 Å². The largest absolute Gasteiger partial charge is 0.399 e. The first kappa shape index (κ1) is 14.4. The van der Waals surface area contributed by atoms with Gasteiger partial charge >= 0.3 is 0 Å². The van der Waals surface area contributed by atoms with Crippen molar-refractivity contribution >= 4 is 26.6 Å². The molecule has 21 heavy (non-hydrogen) atoms. The molecular weight excluding hydrogens is 290 g/mol. The van der Waals surface area contributed by atoms with Crippen LogP contribution in [0.15, 0.2) is 29.3 Å². The average Bonchev–Trinajstić information content (AvgIpc) is 2.85. The van der Waals surface area contributed by atoms with Gasteiger partial charge in [-0.1, -0.05) is 12.8 Å². The quantitative estimate of drug-likeness (QED) is 0.641. The van der Waals surface area contributed by atoms with Crippen molar-refractivity contribution in [1.29, 1.82) is 0 Å². The van der Waals surface area contributed by atoms with Crippen LogP contribution in [0.2, 0.25) is 0 Å². The van der Waals surface area contributed by atoms with Crippen LogP contribution < -0.4 is 10.5 Å². The van der Waals surface area contributed by atoms with Crippen molar-refractivity contribution < 1.29 is 13.5 Å². The van der Waals surface area contributed by atoms with Crippen molar-refractivity contribution in [2.75, 3.05) is 5.73 Å². The van der Waals surface area contributed by atoms with Gasteiger partial charge in [0.25, 0.3) is 0 Å². The summed E-state index contributed by atoms with van der Waals surface area (Å²) in [5.41, 5.74) is 6.96. The lowest BCUT2D eigenvalue weighted by Gasteiger charge is -2.27. The number of aromatic amines is 1. The fourth-order valence-corrected chi connectivity index (χ4v) is 4.32. The number of aliphatic hydroxyl groups excluding tert-OH is 1. The Morgan fingerprint density at radius 3 is 2.81 bits per heavy atom. The second kappa shape index (κ2) is 5.32. The SMILES string of the molecule is Nc1ccc2[nH]cc(S(=O)(=O)NC3CCCCC3O)c2c1. The number of H-pyrrole nitrogens is 1. The van der Waals surface area contributed by atoms with Crippen LogP contribution in [0.4, 0.5) is 5.69 Å². The maximum absolute atomic E-state index is 12.5. The summed E-state index contributed by atoms with van der Waals surface area (Å²) in [6.07, 6.45) is 3.98. The maximum Gasteiger partial charge on any atom is 0.243 e. The Kier molecular flexibility index (Phi) is 3.64. The van der Waals surface area contributed by atoms with Crippen LogP contribution in [0.3, 0.4) is 0 Å². The molecule has 7 heteroatoms. The van der Waals surface area contributed by atoms with Gasteiger partial charge in [-0.25, -0.2) is 13.1 Å². The Morgan fingerprint density at radius 2 is 2.05 bits per heavy atom. The number of aromatic nitrogens is 1. The lowest BCUT2D eigenvalue weighted by molar-refractivity contribution is 0.101. The number of anilines is 1. The molecule has 114 valence electrons. The Morgan fingerprint density at radius 1 is 1.29 bits per heavy atom. The fraction of sp³-hybridized carbons (Fsp3) is 0.429. The average molecular weight is 309 g/mol. The van der Waals surface area contributed by atoms with Gasteiger partial charge in [0.15, 0.2) is 0 Å². The fourth-order valence-electron chi connectivity index (χ4n) is 2.85. The van der Waals surface area contributed by atoms with Crippen LogP contribution >= 0.6 is 0 Å². The first-order valence-corrected chi connectivity index (χ1v) is 8.53. The third-order valence-corrected chi connectivity index (χ3v) is 5.52. The summed E-state index contributed by atoms with van der Waals surface area (Å²) in [5.74, 6) is 0. The highest BCUT2D eigenvalue weighted by Crippen LogP contribution is 2.26. The van der Waals surface area contributed by atoms with Crippen LogP contribution in [0.1, 0.15) is 25.7 Å². The van der Waals surface area contributed by atoms with E-state index in [2.05, 4.69) is 9.71 Å². The monoisotopic (exact) mass is 309 g/mol. The molecule has 1 heterocycles. The van der Waals surface area contributed by atoms with Crippen molar-refractivity contribution in [3.8, 4) is 0 Å². The van der Waals surface area contributed by atoms with Gasteiger partial charge in [-0.2, -0.15) is 0 Å². The summed E-state index contributed by atoms with van der Waals surface area (Å²) in [7, 11) is -3.69. The zero-order chi connectivity index (χ0) is 15.0. The van der Waals surface area contributed by atoms with Crippen molar-refractivity contribution in [3.63, 3.8) is 0 Å². The van der Waals surface area contributed by atoms with E-state index < -0.39 is 22.2 Å². The van der Waals surface area contributed by atoms with Crippen LogP contribution in [-0.2, 0) is 10.0 Å². The zero-order valence-corrected chi connectivity index (χ0v) is 12.4. The molecule has 5 N–H and O–H groups in total. The number of rotatable bonds is 3. The van der Waals surface area contributed by atoms with Crippen molar-refractivity contribution in [1.82, 2.24) is 9.71 Å². The van der Waals surface area contributed by atoms with Crippen molar-refractivity contribution in [2.45, 2.75) is 42.7 Å². The minimum atomic E-state index is -3.69. The molecule has 1 aromatic carbocycles. The minimum absolute atomic E-state index is 0.169. The molecule has 1 saturated carbocycles. The smallest absolute Gasteiger partial charge is 0.243 e. The van der Waals surface area contributed by atoms with Crippen LogP contribution in [-0.4, -0.2) is 30.7 Å². The summed E-state index contributed by atoms with van der Waals surface area (Å²) in [5, 5.41) is 10.5. The summed E-state index contributed by atoms with van der Waals surface area (Å²) in [6, 6.07) is 4.68. The van der Waals surface area contributed by atoms with E-state index in [0.29, 0.717) is 29.4 Å². The van der Waals surface area contributed by atoms with Crippen molar-refractivity contribution in [3.05, 3.63) is 24.4 Å². The minimum Gasteiger partial charge on any atom is -0.399 e. The summed E-state index contributed by atoms with van der Waals surface area (Å²) >= 11 is 0. The first-order chi connectivity index (χ1) is 9.97. The van der Waals surface area contributed by atoms with Gasteiger partial charge in [-0.15, -0.1) is 0 Å². The maximum atomic E-state index is 12.5. The highest BCUT2D eigenvalue weighted by molar-refractivity contribution is 7.89. The molecule has 0 spiro atoms. The Balaban J connectivity index is 1.94. The molecule has 2 atom stereocenters. The zero-order valence-electron chi connectivity index (χ0n) is 11.5. The molecule has 0 radical (unpaired) electrons. The third kappa shape index (κ3) is 2.76. The van der Waals surface area contributed by atoms with Gasteiger partial charge in [0.1, 0.15) is 4.90 Å². The third-order valence-electron chi connectivity index (χ3n) is 3.99. The molecular formula is C14H19N3O3S. The second-order valence-corrected chi connectivity index (χ2v) is 7.22. The summed E-state index contributed by atoms with van der Waals surface area (Å²) in [4.78, 5) is 3.10. The molecule has 1 aliphatic rings. The number of benzene rings is 1. The highest BCUT2D eigenvalue weighted by Gasteiger charge is 2.29. The molecule has 0 aliphatic heterocycles. The molecule has 1 fully saturated rings. The van der Waals surface area contributed by atoms with E-state index in [1.807, 2.05) is 0 Å². The lowest BCUT2D eigenvalue weighted by Crippen LogP contribution is -2.44. The second-order valence-electron chi connectivity index (χ2n) is 5.54. The highest BCUT2D eigenvalue weighted by atomic mass is 32.2. The molecule has 1 aromatic heterocycles. The van der Waals surface area contributed by atoms with E-state index in [4.69, 9.17) is 5.73 Å². The number of fused-ring (bicyclic) bond motifs is 1. The Labute approximate surface area is 123 Å². The number of sulfonamides is 1. The van der Waals surface area contributed by atoms with E-state index in [0.717, 1.165) is 12.8 Å². The van der Waals surface area contributed by atoms with E-state index in [9.17, 15) is 13.5 Å². The predicted molar refractivity (Wildman–Crippen MR) is 81.3 cm³/mol. The van der Waals surface area contributed by atoms with E-state index in [1.165, 1.54) is 6.20 Å². The molecule has 0 bridgehead atoms. The molecule has 0 saturated heterocycles. The summed E-state index contributed by atoms with van der Waals surface area (Å²) < 4.78 is 27.7. The first-order valence-electron chi connectivity index (χ1n) is 7.04. The molecule has 6 nitrogen and oxygen atoms in total. The van der Waals surface area contributed by atoms with Gasteiger partial charge in [-0.05, 0) is 31.0 Å². The van der Waals surface area contributed by atoms with Gasteiger partial charge < -0.3 is 15.8 Å². The van der Waals surface area contributed by atoms with Crippen LogP contribution in [0.25, 0.3) is 10.9 Å². The lowest BCUT2D eigenvalue weighted by atomic mass is 9.93. The number of nitrogens with one attached hydrogen (secondary N) is 2. The van der Waals surface area contributed by atoms with E-state index in [1.54, 1.807) is 18.2 Å². The van der Waals surface area contributed by atoms with Crippen LogP contribution in [0.5, 0.6) is 0 Å². The standard InChI is InChI=1S/C14H19N3O3S/c15-9-5-6-11-10(7-9)14(8-16-11)21(19,20)17-12-3-1-2-4-13(12)18/h5-8,12-13,16-18H,1-4,15H2. The molecule has 1 aliphatic carbocycles. The normalized spacial score (nSPS) is 23.5. The molecule has 2 aromatic rings. The van der Waals surface area contributed by atoms with Crippen LogP contribution in [0, 0.1) is 0 Å². The predicted octanol–water partition coefficient (Wildman–Crippen LogP) is 1.33. The van der Waals surface area contributed by atoms with E-state index >= 15 is 0 Å². The number of nitrogens with two attached hydrogens (primary N) is 1. The summed E-state index contributed by atoms with van der Waals surface area (Å²) in [6.45, 7) is 0. The van der Waals surface area contributed by atoms with Crippen molar-refractivity contribution in [2.24, 2.45) is 0 Å².